The van der Waals surface area contributed by atoms with Crippen molar-refractivity contribution in [3.05, 3.63) is 63.9 Å². The largest absolute Gasteiger partial charge is 0.455 e. The number of aromatic nitrogens is 1. The zero-order chi connectivity index (χ0) is 26.3. The number of halogens is 4. The van der Waals surface area contributed by atoms with Crippen LogP contribution in [0, 0.1) is 5.82 Å². The van der Waals surface area contributed by atoms with Crippen LogP contribution in [-0.2, 0) is 11.2 Å². The summed E-state index contributed by atoms with van der Waals surface area (Å²) in [5.74, 6) is -2.13. The molecule has 1 aromatic carbocycles. The number of oxazole rings is 1. The summed E-state index contributed by atoms with van der Waals surface area (Å²) in [4.78, 5) is 30.6. The number of nitrogens with zero attached hydrogens (tertiary/aromatic N) is 2. The van der Waals surface area contributed by atoms with Crippen molar-refractivity contribution < 1.29 is 31.6 Å². The molecule has 2 heterocycles. The number of alkyl halides is 3. The Bertz CT molecular complexity index is 1160. The molecule has 0 saturated heterocycles. The standard InChI is InChI=1S/C25H27F4N3O3S/c1-32(2)13-12-17(20-15-35-24(31-20)16-6-8-18(26)9-7-16)14-30-22(33)5-3-4-19-10-11-21(36-19)23(34)25(27,28)29/h6-11,15,17H,3-5,12-14H2,1-2H3,(H,30,33). The number of hydrogen-bond donors (Lipinski definition) is 1. The Morgan fingerprint density at radius 1 is 1.14 bits per heavy atom. The average molecular weight is 526 g/mol. The van der Waals surface area contributed by atoms with Gasteiger partial charge in [0, 0.05) is 29.3 Å². The second-order valence-corrected chi connectivity index (χ2v) is 9.79. The molecule has 0 saturated carbocycles. The van der Waals surface area contributed by atoms with Crippen molar-refractivity contribution in [1.82, 2.24) is 15.2 Å². The fourth-order valence-electron chi connectivity index (χ4n) is 3.49. The van der Waals surface area contributed by atoms with Gasteiger partial charge >= 0.3 is 6.18 Å². The second-order valence-electron chi connectivity index (χ2n) is 8.62. The lowest BCUT2D eigenvalue weighted by molar-refractivity contribution is -0.121. The predicted octanol–water partition coefficient (Wildman–Crippen LogP) is 5.46. The van der Waals surface area contributed by atoms with E-state index in [9.17, 15) is 27.2 Å². The van der Waals surface area contributed by atoms with Crippen molar-refractivity contribution in [2.75, 3.05) is 27.2 Å². The van der Waals surface area contributed by atoms with Crippen molar-refractivity contribution in [3.8, 4) is 11.5 Å². The van der Waals surface area contributed by atoms with Gasteiger partial charge in [0.2, 0.25) is 11.8 Å². The highest BCUT2D eigenvalue weighted by Crippen LogP contribution is 2.27. The smallest absolute Gasteiger partial charge is 0.444 e. The maximum absolute atomic E-state index is 13.2. The molecular weight excluding hydrogens is 498 g/mol. The summed E-state index contributed by atoms with van der Waals surface area (Å²) in [5.41, 5.74) is 1.32. The molecule has 0 spiro atoms. The third-order valence-corrected chi connectivity index (χ3v) is 6.62. The maximum Gasteiger partial charge on any atom is 0.455 e. The average Bonchev–Trinajstić information content (AvgIpc) is 3.48. The van der Waals surface area contributed by atoms with Crippen LogP contribution in [0.2, 0.25) is 0 Å². The molecule has 2 aromatic heterocycles. The molecular formula is C25H27F4N3O3S. The highest BCUT2D eigenvalue weighted by atomic mass is 32.1. The van der Waals surface area contributed by atoms with Crippen LogP contribution < -0.4 is 5.32 Å². The normalized spacial score (nSPS) is 12.6. The molecule has 1 unspecified atom stereocenters. The molecule has 3 aromatic rings. The molecule has 36 heavy (non-hydrogen) atoms. The maximum atomic E-state index is 13.2. The number of hydrogen-bond acceptors (Lipinski definition) is 6. The minimum absolute atomic E-state index is 0.109. The Hall–Kier alpha value is -3.05. The summed E-state index contributed by atoms with van der Waals surface area (Å²) in [6, 6.07) is 8.47. The van der Waals surface area contributed by atoms with Crippen LogP contribution in [0.1, 0.15) is 45.4 Å². The van der Waals surface area contributed by atoms with Crippen molar-refractivity contribution in [2.45, 2.75) is 37.8 Å². The van der Waals surface area contributed by atoms with Gasteiger partial charge in [0.1, 0.15) is 12.1 Å². The van der Waals surface area contributed by atoms with Crippen LogP contribution in [0.4, 0.5) is 17.6 Å². The quantitative estimate of drug-likeness (QED) is 0.251. The fraction of sp³-hybridized carbons (Fsp3) is 0.400. The van der Waals surface area contributed by atoms with Gasteiger partial charge in [-0.25, -0.2) is 9.37 Å². The first kappa shape index (κ1) is 27.5. The Labute approximate surface area is 210 Å². The summed E-state index contributed by atoms with van der Waals surface area (Å²) in [5, 5.41) is 2.90. The number of amides is 1. The molecule has 1 N–H and O–H groups in total. The number of ketones is 1. The lowest BCUT2D eigenvalue weighted by atomic mass is 10.0. The number of carbonyl (C=O) groups is 2. The van der Waals surface area contributed by atoms with Crippen LogP contribution >= 0.6 is 11.3 Å². The zero-order valence-electron chi connectivity index (χ0n) is 19.9. The van der Waals surface area contributed by atoms with Crippen LogP contribution in [0.5, 0.6) is 0 Å². The van der Waals surface area contributed by atoms with E-state index in [0.717, 1.165) is 17.9 Å². The third-order valence-electron chi connectivity index (χ3n) is 5.47. The molecule has 0 fully saturated rings. The van der Waals surface area contributed by atoms with E-state index in [2.05, 4.69) is 10.3 Å². The molecule has 11 heteroatoms. The van der Waals surface area contributed by atoms with Gasteiger partial charge in [0.25, 0.3) is 5.78 Å². The Morgan fingerprint density at radius 3 is 2.53 bits per heavy atom. The van der Waals surface area contributed by atoms with Crippen molar-refractivity contribution in [2.24, 2.45) is 0 Å². The number of benzene rings is 1. The van der Waals surface area contributed by atoms with Gasteiger partial charge in [-0.1, -0.05) is 0 Å². The van der Waals surface area contributed by atoms with Crippen LogP contribution in [0.15, 0.2) is 47.1 Å². The number of carbonyl (C=O) groups excluding carboxylic acids is 2. The molecule has 3 rings (SSSR count). The first-order chi connectivity index (χ1) is 17.0. The highest BCUT2D eigenvalue weighted by Gasteiger charge is 2.40. The summed E-state index contributed by atoms with van der Waals surface area (Å²) in [6.45, 7) is 1.10. The Balaban J connectivity index is 1.53. The first-order valence-corrected chi connectivity index (χ1v) is 12.2. The van der Waals surface area contributed by atoms with E-state index in [1.807, 2.05) is 19.0 Å². The third kappa shape index (κ3) is 7.99. The summed E-state index contributed by atoms with van der Waals surface area (Å²) in [6.07, 6.45) is -1.60. The molecule has 6 nitrogen and oxygen atoms in total. The van der Waals surface area contributed by atoms with Gasteiger partial charge in [-0.3, -0.25) is 9.59 Å². The number of aryl methyl sites for hydroxylation is 1. The van der Waals surface area contributed by atoms with Crippen LogP contribution in [0.25, 0.3) is 11.5 Å². The van der Waals surface area contributed by atoms with E-state index in [1.54, 1.807) is 18.4 Å². The summed E-state index contributed by atoms with van der Waals surface area (Å²) in [7, 11) is 3.89. The van der Waals surface area contributed by atoms with Gasteiger partial charge in [0.05, 0.1) is 10.6 Å². The van der Waals surface area contributed by atoms with Crippen molar-refractivity contribution >= 4 is 23.0 Å². The predicted molar refractivity (Wildman–Crippen MR) is 128 cm³/mol. The number of nitrogens with one attached hydrogen (secondary N) is 1. The first-order valence-electron chi connectivity index (χ1n) is 11.4. The SMILES string of the molecule is CN(C)CCC(CNC(=O)CCCc1ccc(C(=O)C(F)(F)F)s1)c1coc(-c2ccc(F)cc2)n1. The highest BCUT2D eigenvalue weighted by molar-refractivity contribution is 7.14. The van der Waals surface area contributed by atoms with E-state index in [4.69, 9.17) is 4.42 Å². The Morgan fingerprint density at radius 2 is 1.86 bits per heavy atom. The fourth-order valence-corrected chi connectivity index (χ4v) is 4.50. The number of thiophene rings is 1. The second kappa shape index (κ2) is 12.3. The van der Waals surface area contributed by atoms with Gasteiger partial charge in [-0.2, -0.15) is 13.2 Å². The van der Waals surface area contributed by atoms with Gasteiger partial charge in [0.15, 0.2) is 0 Å². The van der Waals surface area contributed by atoms with Gasteiger partial charge in [-0.05, 0) is 76.3 Å². The van der Waals surface area contributed by atoms with Gasteiger partial charge < -0.3 is 14.6 Å². The number of Topliss-reactive ketones (excluding diaryl/α,β-unsaturated/α-hetero) is 1. The monoisotopic (exact) mass is 525 g/mol. The zero-order valence-corrected chi connectivity index (χ0v) is 20.7. The van der Waals surface area contributed by atoms with Crippen LogP contribution in [0.3, 0.4) is 0 Å². The molecule has 0 bridgehead atoms. The van der Waals surface area contributed by atoms with Crippen LogP contribution in [-0.4, -0.2) is 54.9 Å². The van der Waals surface area contributed by atoms with Crippen molar-refractivity contribution in [1.29, 1.82) is 0 Å². The molecule has 0 aliphatic carbocycles. The molecule has 194 valence electrons. The summed E-state index contributed by atoms with van der Waals surface area (Å²) >= 11 is 0.800. The molecule has 1 atom stereocenters. The van der Waals surface area contributed by atoms with E-state index in [0.29, 0.717) is 47.8 Å². The molecule has 1 amide bonds. The lowest BCUT2D eigenvalue weighted by Gasteiger charge is -2.18. The van der Waals surface area contributed by atoms with E-state index < -0.39 is 12.0 Å². The van der Waals surface area contributed by atoms with E-state index in [1.165, 1.54) is 24.3 Å². The molecule has 0 radical (unpaired) electrons. The van der Waals surface area contributed by atoms with E-state index >= 15 is 0 Å². The lowest BCUT2D eigenvalue weighted by Crippen LogP contribution is -2.30. The van der Waals surface area contributed by atoms with Crippen molar-refractivity contribution in [3.63, 3.8) is 0 Å². The Kier molecular flexibility index (Phi) is 9.38. The topological polar surface area (TPSA) is 75.4 Å². The minimum atomic E-state index is -4.89. The molecule has 0 aliphatic rings. The number of rotatable bonds is 12. The summed E-state index contributed by atoms with van der Waals surface area (Å²) < 4.78 is 56.4. The van der Waals surface area contributed by atoms with Gasteiger partial charge in [-0.15, -0.1) is 11.3 Å². The van der Waals surface area contributed by atoms with E-state index in [-0.39, 0.29) is 28.9 Å². The molecule has 0 aliphatic heterocycles. The minimum Gasteiger partial charge on any atom is -0.444 e.